The van der Waals surface area contributed by atoms with Crippen molar-refractivity contribution < 1.29 is 9.53 Å². The summed E-state index contributed by atoms with van der Waals surface area (Å²) >= 11 is 1.33. The lowest BCUT2D eigenvalue weighted by Gasteiger charge is -2.09. The molecule has 0 atom stereocenters. The van der Waals surface area contributed by atoms with Crippen molar-refractivity contribution in [2.45, 2.75) is 13.5 Å². The fourth-order valence-electron chi connectivity index (χ4n) is 3.09. The number of nitrogens with one attached hydrogen (secondary N) is 1. The molecule has 2 aromatic carbocycles. The summed E-state index contributed by atoms with van der Waals surface area (Å²) in [5.41, 5.74) is 3.96. The zero-order chi connectivity index (χ0) is 20.4. The van der Waals surface area contributed by atoms with Gasteiger partial charge in [0.25, 0.3) is 5.56 Å². The summed E-state index contributed by atoms with van der Waals surface area (Å²) in [6.45, 7) is 1.83. The molecule has 2 heterocycles. The molecule has 1 amide bonds. The van der Waals surface area contributed by atoms with Crippen molar-refractivity contribution in [3.8, 4) is 16.9 Å². The number of rotatable bonds is 5. The molecule has 0 aliphatic heterocycles. The van der Waals surface area contributed by atoms with E-state index in [1.807, 2.05) is 60.8 Å². The van der Waals surface area contributed by atoms with E-state index < -0.39 is 0 Å². The molecule has 7 heteroatoms. The number of para-hydroxylation sites is 1. The van der Waals surface area contributed by atoms with E-state index in [-0.39, 0.29) is 18.0 Å². The number of hydrogen-bond acceptors (Lipinski definition) is 5. The van der Waals surface area contributed by atoms with Crippen LogP contribution in [0.2, 0.25) is 0 Å². The van der Waals surface area contributed by atoms with Gasteiger partial charge in [0.05, 0.1) is 19.0 Å². The summed E-state index contributed by atoms with van der Waals surface area (Å²) in [5, 5.41) is 4.76. The number of aryl methyl sites for hydroxylation is 1. The molecule has 4 rings (SSSR count). The topological polar surface area (TPSA) is 73.2 Å². The average Bonchev–Trinajstić information content (AvgIpc) is 3.17. The largest absolute Gasteiger partial charge is 0.497 e. The Bertz CT molecular complexity index is 1240. The number of carbonyl (C=O) groups excluding carboxylic acids is 1. The highest BCUT2D eigenvalue weighted by molar-refractivity contribution is 7.17. The Morgan fingerprint density at radius 1 is 1.17 bits per heavy atom. The molecule has 6 nitrogen and oxygen atoms in total. The van der Waals surface area contributed by atoms with Crippen LogP contribution in [-0.4, -0.2) is 22.6 Å². The first-order valence-electron chi connectivity index (χ1n) is 9.03. The van der Waals surface area contributed by atoms with E-state index in [4.69, 9.17) is 4.74 Å². The predicted molar refractivity (Wildman–Crippen MR) is 116 cm³/mol. The van der Waals surface area contributed by atoms with E-state index in [1.165, 1.54) is 22.2 Å². The summed E-state index contributed by atoms with van der Waals surface area (Å²) in [6.07, 6.45) is 1.43. The number of carbonyl (C=O) groups is 1. The van der Waals surface area contributed by atoms with Gasteiger partial charge in [0, 0.05) is 16.6 Å². The highest BCUT2D eigenvalue weighted by Crippen LogP contribution is 2.31. The quantitative estimate of drug-likeness (QED) is 0.543. The van der Waals surface area contributed by atoms with Crippen LogP contribution >= 0.6 is 11.3 Å². The highest BCUT2D eigenvalue weighted by Gasteiger charge is 2.14. The van der Waals surface area contributed by atoms with E-state index in [0.717, 1.165) is 28.1 Å². The molecular formula is C22H19N3O3S. The highest BCUT2D eigenvalue weighted by atomic mass is 32.1. The number of anilines is 1. The maximum absolute atomic E-state index is 12.9. The number of hydrogen-bond donors (Lipinski definition) is 1. The lowest BCUT2D eigenvalue weighted by atomic mass is 10.1. The van der Waals surface area contributed by atoms with Crippen molar-refractivity contribution >= 4 is 33.1 Å². The Hall–Kier alpha value is -3.45. The van der Waals surface area contributed by atoms with E-state index in [0.29, 0.717) is 10.2 Å². The smallest absolute Gasteiger partial charge is 0.271 e. The summed E-state index contributed by atoms with van der Waals surface area (Å²) < 4.78 is 7.06. The third-order valence-electron chi connectivity index (χ3n) is 4.68. The van der Waals surface area contributed by atoms with Gasteiger partial charge >= 0.3 is 0 Å². The van der Waals surface area contributed by atoms with Gasteiger partial charge in [-0.15, -0.1) is 11.3 Å². The van der Waals surface area contributed by atoms with Gasteiger partial charge in [0.15, 0.2) is 0 Å². The number of amides is 1. The third kappa shape index (κ3) is 3.77. The van der Waals surface area contributed by atoms with E-state index in [1.54, 1.807) is 7.11 Å². The maximum Gasteiger partial charge on any atom is 0.271 e. The molecule has 0 fully saturated rings. The minimum absolute atomic E-state index is 0.0914. The van der Waals surface area contributed by atoms with Crippen LogP contribution < -0.4 is 15.6 Å². The summed E-state index contributed by atoms with van der Waals surface area (Å²) in [6, 6.07) is 15.1. The van der Waals surface area contributed by atoms with Crippen LogP contribution in [-0.2, 0) is 11.3 Å². The first-order valence-corrected chi connectivity index (χ1v) is 9.91. The maximum atomic E-state index is 12.9. The summed E-state index contributed by atoms with van der Waals surface area (Å²) in [7, 11) is 1.62. The lowest BCUT2D eigenvalue weighted by Crippen LogP contribution is -2.27. The van der Waals surface area contributed by atoms with E-state index >= 15 is 0 Å². The van der Waals surface area contributed by atoms with Crippen molar-refractivity contribution in [1.29, 1.82) is 0 Å². The van der Waals surface area contributed by atoms with E-state index in [2.05, 4.69) is 10.3 Å². The van der Waals surface area contributed by atoms with E-state index in [9.17, 15) is 9.59 Å². The first kappa shape index (κ1) is 18.9. The van der Waals surface area contributed by atoms with Crippen LogP contribution in [0.5, 0.6) is 5.75 Å². The Morgan fingerprint density at radius 3 is 2.66 bits per heavy atom. The Morgan fingerprint density at radius 2 is 1.93 bits per heavy atom. The summed E-state index contributed by atoms with van der Waals surface area (Å²) in [4.78, 5) is 29.7. The zero-order valence-corrected chi connectivity index (χ0v) is 16.8. The molecule has 0 aliphatic carbocycles. The number of aromatic nitrogens is 2. The van der Waals surface area contributed by atoms with Gasteiger partial charge in [-0.3, -0.25) is 14.2 Å². The molecule has 0 radical (unpaired) electrons. The average molecular weight is 405 g/mol. The monoisotopic (exact) mass is 405 g/mol. The zero-order valence-electron chi connectivity index (χ0n) is 16.0. The third-order valence-corrected chi connectivity index (χ3v) is 5.64. The fraction of sp³-hybridized carbons (Fsp3) is 0.136. The molecule has 0 bridgehead atoms. The molecule has 0 aliphatic rings. The van der Waals surface area contributed by atoms with Gasteiger partial charge in [-0.2, -0.15) is 0 Å². The molecular weight excluding hydrogens is 386 g/mol. The van der Waals surface area contributed by atoms with Crippen LogP contribution in [0.3, 0.4) is 0 Å². The number of nitrogens with zero attached hydrogens (tertiary/aromatic N) is 2. The number of methoxy groups -OCH3 is 1. The van der Waals surface area contributed by atoms with Crippen molar-refractivity contribution in [2.75, 3.05) is 12.4 Å². The lowest BCUT2D eigenvalue weighted by molar-refractivity contribution is -0.116. The second-order valence-corrected chi connectivity index (χ2v) is 7.48. The first-order chi connectivity index (χ1) is 14.1. The minimum atomic E-state index is -0.269. The van der Waals surface area contributed by atoms with Crippen LogP contribution in [0.25, 0.3) is 21.3 Å². The molecule has 2 aromatic heterocycles. The fourth-order valence-corrected chi connectivity index (χ4v) is 4.06. The number of benzene rings is 2. The minimum Gasteiger partial charge on any atom is -0.497 e. The second-order valence-electron chi connectivity index (χ2n) is 6.60. The van der Waals surface area contributed by atoms with Crippen LogP contribution in [0.1, 0.15) is 5.56 Å². The predicted octanol–water partition coefficient (Wildman–Crippen LogP) is 4.08. The summed E-state index contributed by atoms with van der Waals surface area (Å²) in [5.74, 6) is 0.498. The normalized spacial score (nSPS) is 10.8. The van der Waals surface area contributed by atoms with Gasteiger partial charge in [-0.05, 0) is 36.2 Å². The SMILES string of the molecule is COc1ccc(-c2csc3c(=O)n(CC(=O)Nc4ccccc4C)cnc23)cc1. The Kier molecular flexibility index (Phi) is 5.14. The van der Waals surface area contributed by atoms with Crippen molar-refractivity contribution in [2.24, 2.45) is 0 Å². The van der Waals surface area contributed by atoms with Crippen LogP contribution in [0.15, 0.2) is 65.0 Å². The second kappa shape index (κ2) is 7.89. The van der Waals surface area contributed by atoms with Gasteiger partial charge in [-0.25, -0.2) is 4.98 Å². The van der Waals surface area contributed by atoms with Gasteiger partial charge < -0.3 is 10.1 Å². The van der Waals surface area contributed by atoms with Crippen molar-refractivity contribution in [3.63, 3.8) is 0 Å². The number of thiophene rings is 1. The molecule has 0 saturated carbocycles. The molecule has 4 aromatic rings. The molecule has 146 valence electrons. The molecule has 0 saturated heterocycles. The van der Waals surface area contributed by atoms with Gasteiger partial charge in [0.1, 0.15) is 17.0 Å². The standard InChI is InChI=1S/C22H19N3O3S/c1-14-5-3-4-6-18(14)24-19(26)11-25-13-23-20-17(12-29-21(20)22(25)27)15-7-9-16(28-2)10-8-15/h3-10,12-13H,11H2,1-2H3,(H,24,26). The molecule has 1 N–H and O–H groups in total. The van der Waals surface area contributed by atoms with Crippen molar-refractivity contribution in [3.05, 3.63) is 76.2 Å². The van der Waals surface area contributed by atoms with Gasteiger partial charge in [-0.1, -0.05) is 30.3 Å². The molecule has 0 unspecified atom stereocenters. The van der Waals surface area contributed by atoms with Crippen LogP contribution in [0.4, 0.5) is 5.69 Å². The Balaban J connectivity index is 1.60. The Labute approximate surface area is 171 Å². The van der Waals surface area contributed by atoms with Gasteiger partial charge in [0.2, 0.25) is 5.91 Å². The molecule has 0 spiro atoms. The van der Waals surface area contributed by atoms with Crippen LogP contribution in [0, 0.1) is 6.92 Å². The molecule has 29 heavy (non-hydrogen) atoms. The number of fused-ring (bicyclic) bond motifs is 1. The number of ether oxygens (including phenoxy) is 1. The van der Waals surface area contributed by atoms with Crippen molar-refractivity contribution in [1.82, 2.24) is 9.55 Å².